The molecule has 0 atom stereocenters. The molecule has 280 valence electrons. The van der Waals surface area contributed by atoms with Gasteiger partial charge in [0.05, 0.1) is 0 Å². The molecule has 0 saturated carbocycles. The Morgan fingerprint density at radius 3 is 1.30 bits per heavy atom. The molecule has 2 aliphatic carbocycles. The topological polar surface area (TPSA) is 0 Å². The number of hydrogen-bond donors (Lipinski definition) is 0. The van der Waals surface area contributed by atoms with Gasteiger partial charge in [0.1, 0.15) is 0 Å². The predicted molar refractivity (Wildman–Crippen MR) is 238 cm³/mol. The molecular formula is C55H56Zr. The standard InChI is InChI=1S/C33H33.C17H18.C5H5.Zr/c1-32(2,3)30-20-26-24(18-28(30)22-13-9-7-10-14-22)17-25-19-29(23-15-11-8-12-16-23)31(21-27(25)26)33(4,5)6;1-4-10-16(11-5-1)14-8-3-9-15-17-12-6-2-7-13-17;1-2-4-5-3-1;/h7-21H,1-6H3;1-2,4-7,10-13H,8-9,14-15H2;1-3H,4H2;. The zero-order valence-electron chi connectivity index (χ0n) is 34.2. The van der Waals surface area contributed by atoms with Crippen molar-refractivity contribution in [3.05, 3.63) is 200 Å². The predicted octanol–water partition coefficient (Wildman–Crippen LogP) is 14.6. The second kappa shape index (κ2) is 16.2. The van der Waals surface area contributed by atoms with E-state index in [1.165, 1.54) is 55.6 Å². The molecule has 0 aliphatic heterocycles. The van der Waals surface area contributed by atoms with Gasteiger partial charge in [-0.15, -0.1) is 0 Å². The van der Waals surface area contributed by atoms with Crippen molar-refractivity contribution in [3.63, 3.8) is 0 Å². The molecule has 0 saturated heterocycles. The van der Waals surface area contributed by atoms with Crippen LogP contribution in [0.3, 0.4) is 0 Å². The van der Waals surface area contributed by atoms with Crippen molar-refractivity contribution < 1.29 is 21.3 Å². The molecule has 0 spiro atoms. The van der Waals surface area contributed by atoms with E-state index in [0.29, 0.717) is 3.63 Å². The summed E-state index contributed by atoms with van der Waals surface area (Å²) in [6.07, 6.45) is 12.9. The van der Waals surface area contributed by atoms with Crippen LogP contribution in [0.25, 0.3) is 33.4 Å². The van der Waals surface area contributed by atoms with Crippen LogP contribution in [0.15, 0.2) is 167 Å². The normalized spacial score (nSPS) is 13.7. The van der Waals surface area contributed by atoms with Crippen LogP contribution in [0.4, 0.5) is 0 Å². The molecule has 0 aromatic heterocycles. The zero-order valence-corrected chi connectivity index (χ0v) is 36.7. The van der Waals surface area contributed by atoms with Gasteiger partial charge in [0.15, 0.2) is 0 Å². The van der Waals surface area contributed by atoms with E-state index in [1.807, 2.05) is 3.21 Å². The zero-order chi connectivity index (χ0) is 38.9. The monoisotopic (exact) mass is 806 g/mol. The van der Waals surface area contributed by atoms with Crippen LogP contribution in [0.1, 0.15) is 97.8 Å². The number of fused-ring (bicyclic) bond motifs is 3. The van der Waals surface area contributed by atoms with E-state index in [-0.39, 0.29) is 10.8 Å². The number of hydrogen-bond acceptors (Lipinski definition) is 0. The Balaban J connectivity index is 1.44. The Morgan fingerprint density at radius 1 is 0.518 bits per heavy atom. The van der Waals surface area contributed by atoms with Gasteiger partial charge < -0.3 is 0 Å². The molecule has 0 radical (unpaired) electrons. The molecule has 56 heavy (non-hydrogen) atoms. The third-order valence-electron chi connectivity index (χ3n) is 12.0. The fourth-order valence-electron chi connectivity index (χ4n) is 9.15. The van der Waals surface area contributed by atoms with Crippen molar-refractivity contribution in [2.75, 3.05) is 0 Å². The minimum absolute atomic E-state index is 0.0164. The molecule has 0 bridgehead atoms. The third kappa shape index (κ3) is 8.04. The Kier molecular flexibility index (Phi) is 11.1. The van der Waals surface area contributed by atoms with Gasteiger partial charge in [-0.25, -0.2) is 0 Å². The Morgan fingerprint density at radius 2 is 0.929 bits per heavy atom. The summed E-state index contributed by atoms with van der Waals surface area (Å²) in [7, 11) is 0. The quantitative estimate of drug-likeness (QED) is 0.129. The average molecular weight is 808 g/mol. The second-order valence-electron chi connectivity index (χ2n) is 17.9. The van der Waals surface area contributed by atoms with Crippen LogP contribution in [0.2, 0.25) is 0 Å². The molecule has 6 aromatic rings. The van der Waals surface area contributed by atoms with Crippen molar-refractivity contribution >= 4 is 3.21 Å². The average Bonchev–Trinajstić information content (AvgIpc) is 3.85. The van der Waals surface area contributed by atoms with Crippen LogP contribution in [-0.4, -0.2) is 3.21 Å². The SMILES string of the molecule is CC(C)(C)c1cc2c(cc1-c1ccccc1)[CH]([Zr]([C]1=CC=CC1)=[C](CCc1ccccc1)CCc1ccccc1)c1cc(-c3ccccc3)c(C(C)(C)C)cc1-2. The fraction of sp³-hybridized carbons (Fsp3) is 0.255. The summed E-state index contributed by atoms with van der Waals surface area (Å²) in [6.45, 7) is 14.4. The molecule has 8 rings (SSSR count). The Hall–Kier alpha value is -4.45. The maximum absolute atomic E-state index is 2.72. The van der Waals surface area contributed by atoms with Crippen molar-refractivity contribution in [2.45, 2.75) is 88.1 Å². The van der Waals surface area contributed by atoms with E-state index < -0.39 is 21.3 Å². The van der Waals surface area contributed by atoms with Gasteiger partial charge in [0.2, 0.25) is 0 Å². The summed E-state index contributed by atoms with van der Waals surface area (Å²) < 4.78 is 4.00. The van der Waals surface area contributed by atoms with Crippen molar-refractivity contribution in [1.29, 1.82) is 0 Å². The molecule has 1 heteroatoms. The van der Waals surface area contributed by atoms with Gasteiger partial charge in [-0.3, -0.25) is 0 Å². The first-order valence-electron chi connectivity index (χ1n) is 20.7. The summed E-state index contributed by atoms with van der Waals surface area (Å²) >= 11 is -2.72. The molecule has 0 amide bonds. The number of rotatable bonds is 10. The second-order valence-corrected chi connectivity index (χ2v) is 24.7. The van der Waals surface area contributed by atoms with Crippen molar-refractivity contribution in [2.24, 2.45) is 0 Å². The molecule has 0 unspecified atom stereocenters. The van der Waals surface area contributed by atoms with Crippen LogP contribution in [-0.2, 0) is 44.9 Å². The van der Waals surface area contributed by atoms with Gasteiger partial charge in [0.25, 0.3) is 0 Å². The van der Waals surface area contributed by atoms with E-state index in [2.05, 4.69) is 205 Å². The third-order valence-corrected chi connectivity index (χ3v) is 20.6. The van der Waals surface area contributed by atoms with Crippen LogP contribution >= 0.6 is 0 Å². The molecule has 0 N–H and O–H groups in total. The van der Waals surface area contributed by atoms with E-state index in [1.54, 1.807) is 14.4 Å². The first-order chi connectivity index (χ1) is 27.1. The van der Waals surface area contributed by atoms with E-state index >= 15 is 0 Å². The molecule has 0 nitrogen and oxygen atoms in total. The first-order valence-corrected chi connectivity index (χ1v) is 24.6. The summed E-state index contributed by atoms with van der Waals surface area (Å²) in [5.74, 6) is 0. The minimum atomic E-state index is -2.72. The number of aryl methyl sites for hydroxylation is 2. The van der Waals surface area contributed by atoms with Gasteiger partial charge in [-0.2, -0.15) is 0 Å². The maximum atomic E-state index is 2.67. The van der Waals surface area contributed by atoms with Gasteiger partial charge in [-0.05, 0) is 0 Å². The van der Waals surface area contributed by atoms with Gasteiger partial charge >= 0.3 is 346 Å². The molecule has 6 aromatic carbocycles. The molecular weight excluding hydrogens is 752 g/mol. The molecule has 2 aliphatic rings. The Bertz CT molecular complexity index is 2260. The van der Waals surface area contributed by atoms with Gasteiger partial charge in [-0.1, -0.05) is 0 Å². The summed E-state index contributed by atoms with van der Waals surface area (Å²) in [5.41, 5.74) is 17.2. The van der Waals surface area contributed by atoms with Crippen molar-refractivity contribution in [1.82, 2.24) is 0 Å². The van der Waals surface area contributed by atoms with Crippen LogP contribution in [0.5, 0.6) is 0 Å². The summed E-state index contributed by atoms with van der Waals surface area (Å²) in [6, 6.07) is 55.5. The van der Waals surface area contributed by atoms with E-state index in [0.717, 1.165) is 32.1 Å². The summed E-state index contributed by atoms with van der Waals surface area (Å²) in [4.78, 5) is 0. The van der Waals surface area contributed by atoms with Gasteiger partial charge in [0, 0.05) is 0 Å². The molecule has 0 fully saturated rings. The molecule has 0 heterocycles. The fourth-order valence-corrected chi connectivity index (χ4v) is 18.3. The number of benzene rings is 6. The number of allylic oxidation sites excluding steroid dienone is 4. The van der Waals surface area contributed by atoms with E-state index in [4.69, 9.17) is 0 Å². The van der Waals surface area contributed by atoms with E-state index in [9.17, 15) is 0 Å². The first kappa shape index (κ1) is 38.4. The van der Waals surface area contributed by atoms with Crippen LogP contribution in [0, 0.1) is 0 Å². The Labute approximate surface area is 344 Å². The van der Waals surface area contributed by atoms with Crippen LogP contribution < -0.4 is 0 Å². The van der Waals surface area contributed by atoms with Crippen molar-refractivity contribution in [3.8, 4) is 33.4 Å². The summed E-state index contributed by atoms with van der Waals surface area (Å²) in [5, 5.41) is 0.